The Morgan fingerprint density at radius 3 is 2.84 bits per heavy atom. The smallest absolute Gasteiger partial charge is 0.279 e. The van der Waals surface area contributed by atoms with Crippen molar-refractivity contribution in [2.45, 2.75) is 30.2 Å². The van der Waals surface area contributed by atoms with E-state index in [9.17, 15) is 9.59 Å². The molecule has 2 aliphatic rings. The van der Waals surface area contributed by atoms with Gasteiger partial charge in [-0.15, -0.1) is 0 Å². The van der Waals surface area contributed by atoms with Crippen LogP contribution in [0.4, 0.5) is 5.82 Å². The van der Waals surface area contributed by atoms with Crippen LogP contribution in [0.1, 0.15) is 34.6 Å². The fourth-order valence-corrected chi connectivity index (χ4v) is 4.94. The van der Waals surface area contributed by atoms with Crippen LogP contribution in [0.2, 0.25) is 0 Å². The third-order valence-corrected chi connectivity index (χ3v) is 6.65. The minimum Gasteiger partial charge on any atom is -0.454 e. The van der Waals surface area contributed by atoms with Gasteiger partial charge in [0, 0.05) is 25.1 Å². The van der Waals surface area contributed by atoms with Crippen molar-refractivity contribution in [3.63, 3.8) is 0 Å². The molecule has 1 N–H and O–H groups in total. The van der Waals surface area contributed by atoms with E-state index >= 15 is 0 Å². The van der Waals surface area contributed by atoms with E-state index in [1.54, 1.807) is 4.57 Å². The summed E-state index contributed by atoms with van der Waals surface area (Å²) in [6, 6.07) is 13.8. The van der Waals surface area contributed by atoms with Gasteiger partial charge in [0.25, 0.3) is 5.56 Å². The molecule has 0 unspecified atom stereocenters. The monoisotopic (exact) mass is 435 g/mol. The van der Waals surface area contributed by atoms with E-state index in [1.807, 2.05) is 50.4 Å². The molecule has 1 atom stereocenters. The third kappa shape index (κ3) is 3.67. The highest BCUT2D eigenvalue weighted by atomic mass is 32.2. The van der Waals surface area contributed by atoms with Crippen LogP contribution in [0, 0.1) is 6.92 Å². The maximum atomic E-state index is 13.1. The number of hydrogen-bond acceptors (Lipinski definition) is 6. The molecule has 158 valence electrons. The van der Waals surface area contributed by atoms with Crippen LogP contribution in [0.5, 0.6) is 11.5 Å². The number of carbonyl (C=O) groups excluding carboxylic acids is 1. The summed E-state index contributed by atoms with van der Waals surface area (Å²) in [5.74, 6) is 1.95. The highest BCUT2D eigenvalue weighted by Crippen LogP contribution is 2.40. The Morgan fingerprint density at radius 2 is 2.00 bits per heavy atom. The molecule has 0 saturated carbocycles. The zero-order chi connectivity index (χ0) is 21.5. The van der Waals surface area contributed by atoms with Gasteiger partial charge >= 0.3 is 0 Å². The molecule has 2 aromatic carbocycles. The van der Waals surface area contributed by atoms with Crippen molar-refractivity contribution in [3.05, 3.63) is 75.1 Å². The van der Waals surface area contributed by atoms with Gasteiger partial charge < -0.3 is 19.4 Å². The number of hydrogen-bond donors (Lipinski definition) is 1. The number of ether oxygens (including phenoxy) is 2. The Labute approximate surface area is 183 Å². The van der Waals surface area contributed by atoms with E-state index in [0.717, 1.165) is 11.1 Å². The first kappa shape index (κ1) is 19.7. The van der Waals surface area contributed by atoms with Gasteiger partial charge in [-0.2, -0.15) is 4.98 Å². The van der Waals surface area contributed by atoms with Crippen LogP contribution in [0.25, 0.3) is 0 Å². The Balaban J connectivity index is 1.51. The SMILES string of the molecule is Cc1cccc(CSc2nc(=O)c3c(n2C)NC(=O)C[C@@H]3c2ccc3c(c2)OCO3)c1. The summed E-state index contributed by atoms with van der Waals surface area (Å²) in [7, 11) is 1.83. The van der Waals surface area contributed by atoms with Crippen LogP contribution < -0.4 is 20.3 Å². The molecule has 31 heavy (non-hydrogen) atoms. The number of nitrogens with one attached hydrogen (secondary N) is 1. The van der Waals surface area contributed by atoms with Crippen molar-refractivity contribution in [2.24, 2.45) is 7.05 Å². The van der Waals surface area contributed by atoms with Gasteiger partial charge in [-0.25, -0.2) is 0 Å². The molecular formula is C23H21N3O4S. The summed E-state index contributed by atoms with van der Waals surface area (Å²) in [6.45, 7) is 2.22. The highest BCUT2D eigenvalue weighted by Gasteiger charge is 2.33. The van der Waals surface area contributed by atoms with Crippen LogP contribution in [-0.2, 0) is 17.6 Å². The average molecular weight is 436 g/mol. The van der Waals surface area contributed by atoms with Crippen LogP contribution in [0.15, 0.2) is 52.4 Å². The van der Waals surface area contributed by atoms with Gasteiger partial charge in [-0.05, 0) is 30.2 Å². The fourth-order valence-electron chi connectivity index (χ4n) is 4.03. The summed E-state index contributed by atoms with van der Waals surface area (Å²) in [5, 5.41) is 3.45. The van der Waals surface area contributed by atoms with Gasteiger partial charge in [0.1, 0.15) is 5.82 Å². The molecular weight excluding hydrogens is 414 g/mol. The fraction of sp³-hybridized carbons (Fsp3) is 0.261. The number of thioether (sulfide) groups is 1. The minimum absolute atomic E-state index is 0.133. The molecule has 3 heterocycles. The molecule has 0 spiro atoms. The largest absolute Gasteiger partial charge is 0.454 e. The highest BCUT2D eigenvalue weighted by molar-refractivity contribution is 7.98. The molecule has 5 rings (SSSR count). The van der Waals surface area contributed by atoms with E-state index in [0.29, 0.717) is 33.8 Å². The van der Waals surface area contributed by atoms with Crippen molar-refractivity contribution in [3.8, 4) is 11.5 Å². The lowest BCUT2D eigenvalue weighted by Crippen LogP contribution is -2.33. The average Bonchev–Trinajstić information content (AvgIpc) is 3.22. The van der Waals surface area contributed by atoms with E-state index in [2.05, 4.69) is 16.4 Å². The number of aryl methyl sites for hydroxylation is 1. The lowest BCUT2D eigenvalue weighted by atomic mass is 9.86. The molecule has 2 aliphatic heterocycles. The number of anilines is 1. The second-order valence-electron chi connectivity index (χ2n) is 7.72. The molecule has 0 aliphatic carbocycles. The maximum Gasteiger partial charge on any atom is 0.279 e. The first-order valence-corrected chi connectivity index (χ1v) is 11.0. The normalized spacial score (nSPS) is 16.7. The van der Waals surface area contributed by atoms with Gasteiger partial charge in [-0.3, -0.25) is 9.59 Å². The van der Waals surface area contributed by atoms with Gasteiger partial charge in [0.2, 0.25) is 12.7 Å². The van der Waals surface area contributed by atoms with Crippen molar-refractivity contribution < 1.29 is 14.3 Å². The van der Waals surface area contributed by atoms with Crippen molar-refractivity contribution >= 4 is 23.5 Å². The number of rotatable bonds is 4. The molecule has 0 bridgehead atoms. The number of nitrogens with zero attached hydrogens (tertiary/aromatic N) is 2. The quantitative estimate of drug-likeness (QED) is 0.498. The first-order valence-electron chi connectivity index (χ1n) is 9.98. The number of benzene rings is 2. The van der Waals surface area contributed by atoms with Crippen LogP contribution >= 0.6 is 11.8 Å². The van der Waals surface area contributed by atoms with Crippen molar-refractivity contribution in [1.82, 2.24) is 9.55 Å². The standard InChI is InChI=1S/C23H21N3O4S/c1-13-4-3-5-14(8-13)11-31-23-25-22(28)20-16(10-19(27)24-21(20)26(23)2)15-6-7-17-18(9-15)30-12-29-17/h3-9,16H,10-12H2,1-2H3,(H,24,27)/t16-/m1/s1. The second-order valence-corrected chi connectivity index (χ2v) is 8.66. The van der Waals surface area contributed by atoms with E-state index < -0.39 is 0 Å². The number of carbonyl (C=O) groups is 1. The Hall–Kier alpha value is -3.26. The van der Waals surface area contributed by atoms with E-state index in [-0.39, 0.29) is 30.6 Å². The van der Waals surface area contributed by atoms with Crippen LogP contribution in [0.3, 0.4) is 0 Å². The maximum absolute atomic E-state index is 13.1. The Morgan fingerprint density at radius 1 is 1.16 bits per heavy atom. The third-order valence-electron chi connectivity index (χ3n) is 5.55. The minimum atomic E-state index is -0.389. The predicted octanol–water partition coefficient (Wildman–Crippen LogP) is 3.58. The van der Waals surface area contributed by atoms with E-state index in [4.69, 9.17) is 9.47 Å². The summed E-state index contributed by atoms with van der Waals surface area (Å²) < 4.78 is 12.7. The summed E-state index contributed by atoms with van der Waals surface area (Å²) in [4.78, 5) is 30.0. The lowest BCUT2D eigenvalue weighted by molar-refractivity contribution is -0.116. The topological polar surface area (TPSA) is 82.5 Å². The zero-order valence-electron chi connectivity index (χ0n) is 17.2. The number of fused-ring (bicyclic) bond motifs is 2. The van der Waals surface area contributed by atoms with Crippen molar-refractivity contribution in [2.75, 3.05) is 12.1 Å². The summed E-state index contributed by atoms with van der Waals surface area (Å²) in [6.07, 6.45) is 0.180. The summed E-state index contributed by atoms with van der Waals surface area (Å²) >= 11 is 1.47. The molecule has 1 amide bonds. The Kier molecular flexibility index (Phi) is 4.94. The zero-order valence-corrected chi connectivity index (χ0v) is 18.0. The van der Waals surface area contributed by atoms with Crippen LogP contribution in [-0.4, -0.2) is 22.3 Å². The van der Waals surface area contributed by atoms with E-state index in [1.165, 1.54) is 17.3 Å². The molecule has 0 fully saturated rings. The first-order chi connectivity index (χ1) is 15.0. The van der Waals surface area contributed by atoms with Gasteiger partial charge in [0.15, 0.2) is 16.7 Å². The molecule has 0 saturated heterocycles. The van der Waals surface area contributed by atoms with Gasteiger partial charge in [-0.1, -0.05) is 47.7 Å². The van der Waals surface area contributed by atoms with Gasteiger partial charge in [0.05, 0.1) is 5.56 Å². The molecule has 8 heteroatoms. The molecule has 0 radical (unpaired) electrons. The lowest BCUT2D eigenvalue weighted by Gasteiger charge is -2.27. The number of aromatic nitrogens is 2. The molecule has 7 nitrogen and oxygen atoms in total. The molecule has 1 aromatic heterocycles. The summed E-state index contributed by atoms with van der Waals surface area (Å²) in [5.41, 5.74) is 3.35. The predicted molar refractivity (Wildman–Crippen MR) is 118 cm³/mol. The number of amides is 1. The Bertz CT molecular complexity index is 1250. The van der Waals surface area contributed by atoms with Crippen molar-refractivity contribution in [1.29, 1.82) is 0 Å². The second kappa shape index (κ2) is 7.77. The molecule has 3 aromatic rings.